The molecule has 0 aliphatic carbocycles. The summed E-state index contributed by atoms with van der Waals surface area (Å²) >= 11 is 5.21. The number of aldehydes is 1. The molecule has 0 heterocycles. The van der Waals surface area contributed by atoms with Crippen molar-refractivity contribution in [3.05, 3.63) is 11.6 Å². The van der Waals surface area contributed by atoms with Gasteiger partial charge in [0.2, 0.25) is 0 Å². The predicted octanol–water partition coefficient (Wildman–Crippen LogP) is 1.72. The third kappa shape index (κ3) is 5.61. The Kier molecular flexibility index (Phi) is 6.73. The summed E-state index contributed by atoms with van der Waals surface area (Å²) in [5, 5.41) is 3.54. The molecule has 0 atom stereocenters. The Balaban J connectivity index is 3.61. The summed E-state index contributed by atoms with van der Waals surface area (Å²) in [4.78, 5) is 14.8. The molecule has 0 bridgehead atoms. The van der Waals surface area contributed by atoms with E-state index in [9.17, 15) is 4.79 Å². The zero-order valence-corrected chi connectivity index (χ0v) is 7.04. The first-order valence-corrected chi connectivity index (χ1v) is 3.68. The average Bonchev–Trinajstić information content (AvgIpc) is 2.05. The Morgan fingerprint density at radius 3 is 2.91 bits per heavy atom. The molecule has 0 fully saturated rings. The van der Waals surface area contributed by atoms with E-state index in [2.05, 4.69) is 5.16 Å². The number of nitrogens with zero attached hydrogens (tertiary/aromatic N) is 1. The van der Waals surface area contributed by atoms with Crippen LogP contribution >= 0.6 is 11.6 Å². The van der Waals surface area contributed by atoms with Crippen molar-refractivity contribution in [3.63, 3.8) is 0 Å². The van der Waals surface area contributed by atoms with E-state index in [4.69, 9.17) is 16.4 Å². The van der Waals surface area contributed by atoms with E-state index in [0.29, 0.717) is 25.0 Å². The summed E-state index contributed by atoms with van der Waals surface area (Å²) in [7, 11) is 0. The van der Waals surface area contributed by atoms with Crippen LogP contribution in [-0.2, 0) is 9.63 Å². The van der Waals surface area contributed by atoms with Gasteiger partial charge in [-0.3, -0.25) is 4.79 Å². The third-order valence-corrected chi connectivity index (χ3v) is 1.12. The maximum atomic E-state index is 10.1. The van der Waals surface area contributed by atoms with Gasteiger partial charge in [-0.05, 0) is 12.5 Å². The van der Waals surface area contributed by atoms with Gasteiger partial charge in [-0.2, -0.15) is 0 Å². The molecule has 0 saturated carbocycles. The maximum Gasteiger partial charge on any atom is 0.167 e. The predicted molar refractivity (Wildman–Crippen MR) is 44.7 cm³/mol. The van der Waals surface area contributed by atoms with Crippen molar-refractivity contribution in [2.75, 3.05) is 6.61 Å². The van der Waals surface area contributed by atoms with E-state index < -0.39 is 0 Å². The lowest BCUT2D eigenvalue weighted by Crippen LogP contribution is -1.98. The molecule has 0 aliphatic rings. The van der Waals surface area contributed by atoms with Crippen LogP contribution in [0.3, 0.4) is 0 Å². The number of oxime groups is 1. The number of halogens is 1. The van der Waals surface area contributed by atoms with Crippen molar-refractivity contribution in [3.8, 4) is 0 Å². The van der Waals surface area contributed by atoms with Crippen molar-refractivity contribution in [1.29, 1.82) is 0 Å². The molecule has 3 nitrogen and oxygen atoms in total. The van der Waals surface area contributed by atoms with Gasteiger partial charge in [-0.1, -0.05) is 23.7 Å². The molecule has 0 aliphatic heterocycles. The van der Waals surface area contributed by atoms with Crippen LogP contribution in [0, 0.1) is 0 Å². The Bertz CT molecular complexity index is 166. The van der Waals surface area contributed by atoms with Crippen LogP contribution in [0.15, 0.2) is 16.8 Å². The summed E-state index contributed by atoms with van der Waals surface area (Å²) in [6.45, 7) is 2.12. The first-order valence-electron chi connectivity index (χ1n) is 3.24. The molecule has 0 aromatic carbocycles. The standard InChI is InChI=1S/C7H10ClNO2/c1-2-7(6-10)9-11-5-3-4-8/h3-4,6H,2,5H2,1H3/b4-3+,9-7-. The maximum absolute atomic E-state index is 10.1. The normalized spacial score (nSPS) is 12.0. The quantitative estimate of drug-likeness (QED) is 0.276. The van der Waals surface area contributed by atoms with E-state index in [0.717, 1.165) is 0 Å². The van der Waals surface area contributed by atoms with Crippen LogP contribution in [0.4, 0.5) is 0 Å². The van der Waals surface area contributed by atoms with Gasteiger partial charge in [-0.15, -0.1) is 0 Å². The highest BCUT2D eigenvalue weighted by Gasteiger charge is 1.90. The summed E-state index contributed by atoms with van der Waals surface area (Å²) in [5.41, 5.74) is 1.73. The van der Waals surface area contributed by atoms with Crippen LogP contribution in [-0.4, -0.2) is 18.6 Å². The topological polar surface area (TPSA) is 38.7 Å². The van der Waals surface area contributed by atoms with Gasteiger partial charge < -0.3 is 4.84 Å². The van der Waals surface area contributed by atoms with Crippen molar-refractivity contribution in [2.24, 2.45) is 5.16 Å². The molecule has 0 N–H and O–H groups in total. The molecule has 0 radical (unpaired) electrons. The van der Waals surface area contributed by atoms with Crippen LogP contribution < -0.4 is 0 Å². The minimum Gasteiger partial charge on any atom is -0.391 e. The smallest absolute Gasteiger partial charge is 0.167 e. The fourth-order valence-electron chi connectivity index (χ4n) is 0.369. The summed E-state index contributed by atoms with van der Waals surface area (Å²) < 4.78 is 0. The van der Waals surface area contributed by atoms with Crippen LogP contribution in [0.5, 0.6) is 0 Å². The molecule has 4 heteroatoms. The lowest BCUT2D eigenvalue weighted by atomic mass is 10.3. The lowest BCUT2D eigenvalue weighted by Gasteiger charge is -1.93. The second-order valence-electron chi connectivity index (χ2n) is 1.71. The fraction of sp³-hybridized carbons (Fsp3) is 0.429. The van der Waals surface area contributed by atoms with E-state index in [1.165, 1.54) is 5.54 Å². The first-order chi connectivity index (χ1) is 5.35. The van der Waals surface area contributed by atoms with Crippen LogP contribution in [0.2, 0.25) is 0 Å². The number of hydrogen-bond donors (Lipinski definition) is 0. The van der Waals surface area contributed by atoms with E-state index in [-0.39, 0.29) is 0 Å². The zero-order valence-electron chi connectivity index (χ0n) is 6.29. The molecule has 0 rings (SSSR count). The highest BCUT2D eigenvalue weighted by atomic mass is 35.5. The SMILES string of the molecule is CC/C(C=O)=N/OC/C=C/Cl. The van der Waals surface area contributed by atoms with Crippen molar-refractivity contribution in [1.82, 2.24) is 0 Å². The van der Waals surface area contributed by atoms with Gasteiger partial charge in [0.05, 0.1) is 0 Å². The number of carbonyl (C=O) groups is 1. The lowest BCUT2D eigenvalue weighted by molar-refractivity contribution is -0.103. The fourth-order valence-corrected chi connectivity index (χ4v) is 0.442. The molecule has 62 valence electrons. The minimum absolute atomic E-state index is 0.292. The van der Waals surface area contributed by atoms with Gasteiger partial charge in [0.15, 0.2) is 6.29 Å². The van der Waals surface area contributed by atoms with E-state index in [1.54, 1.807) is 6.08 Å². The summed E-state index contributed by atoms with van der Waals surface area (Å²) in [5.74, 6) is 0. The van der Waals surface area contributed by atoms with Crippen molar-refractivity contribution < 1.29 is 9.63 Å². The molecule has 0 aromatic heterocycles. The van der Waals surface area contributed by atoms with Crippen LogP contribution in [0.1, 0.15) is 13.3 Å². The average molecular weight is 176 g/mol. The molecule has 0 aromatic rings. The van der Waals surface area contributed by atoms with Crippen LogP contribution in [0.25, 0.3) is 0 Å². The monoisotopic (exact) mass is 175 g/mol. The molecule has 0 amide bonds. The largest absolute Gasteiger partial charge is 0.391 e. The van der Waals surface area contributed by atoms with Gasteiger partial charge in [0.25, 0.3) is 0 Å². The zero-order chi connectivity index (χ0) is 8.53. The Labute approximate surface area is 70.7 Å². The highest BCUT2D eigenvalue weighted by Crippen LogP contribution is 1.86. The van der Waals surface area contributed by atoms with Gasteiger partial charge in [-0.25, -0.2) is 0 Å². The third-order valence-electron chi connectivity index (χ3n) is 0.940. The molecular formula is C7H10ClNO2. The number of carbonyl (C=O) groups excluding carboxylic acids is 1. The Morgan fingerprint density at radius 1 is 1.73 bits per heavy atom. The van der Waals surface area contributed by atoms with E-state index in [1.807, 2.05) is 6.92 Å². The van der Waals surface area contributed by atoms with Gasteiger partial charge in [0.1, 0.15) is 12.3 Å². The second kappa shape index (κ2) is 7.28. The Morgan fingerprint density at radius 2 is 2.45 bits per heavy atom. The summed E-state index contributed by atoms with van der Waals surface area (Å²) in [6.07, 6.45) is 2.83. The van der Waals surface area contributed by atoms with E-state index >= 15 is 0 Å². The first kappa shape index (κ1) is 10.2. The van der Waals surface area contributed by atoms with Gasteiger partial charge in [0, 0.05) is 5.54 Å². The second-order valence-corrected chi connectivity index (χ2v) is 1.96. The molecule has 0 unspecified atom stereocenters. The van der Waals surface area contributed by atoms with Crippen molar-refractivity contribution >= 4 is 23.6 Å². The summed E-state index contributed by atoms with van der Waals surface area (Å²) in [6, 6.07) is 0. The molecular weight excluding hydrogens is 166 g/mol. The minimum atomic E-state index is 0.292. The number of hydrogen-bond acceptors (Lipinski definition) is 3. The van der Waals surface area contributed by atoms with Gasteiger partial charge >= 0.3 is 0 Å². The molecule has 0 saturated heterocycles. The molecule has 11 heavy (non-hydrogen) atoms. The number of rotatable bonds is 5. The molecule has 0 spiro atoms. The Hall–Kier alpha value is -0.830. The highest BCUT2D eigenvalue weighted by molar-refractivity contribution is 6.27. The van der Waals surface area contributed by atoms with Crippen molar-refractivity contribution in [2.45, 2.75) is 13.3 Å².